The minimum atomic E-state index is -3.54. The van der Waals surface area contributed by atoms with Crippen LogP contribution in [-0.4, -0.2) is 51.0 Å². The fourth-order valence-corrected chi connectivity index (χ4v) is 4.36. The van der Waals surface area contributed by atoms with E-state index < -0.39 is 16.1 Å². The number of hydrogen-bond donors (Lipinski definition) is 2. The minimum Gasteiger partial charge on any atom is -0.446 e. The van der Waals surface area contributed by atoms with Crippen LogP contribution in [0.1, 0.15) is 36.0 Å². The number of nitrogens with zero attached hydrogens (tertiary/aromatic N) is 1. The Balaban J connectivity index is 1.54. The van der Waals surface area contributed by atoms with Crippen molar-refractivity contribution in [1.82, 2.24) is 9.62 Å². The van der Waals surface area contributed by atoms with Crippen molar-refractivity contribution in [3.05, 3.63) is 60.2 Å². The van der Waals surface area contributed by atoms with Gasteiger partial charge in [0.25, 0.3) is 5.91 Å². The summed E-state index contributed by atoms with van der Waals surface area (Å²) in [6.07, 6.45) is 2.09. The number of sulfonamides is 1. The minimum absolute atomic E-state index is 0.124. The van der Waals surface area contributed by atoms with Crippen molar-refractivity contribution in [2.45, 2.75) is 42.7 Å². The number of rotatable bonds is 6. The molecule has 9 heteroatoms. The first-order valence-electron chi connectivity index (χ1n) is 10.1. The van der Waals surface area contributed by atoms with E-state index in [0.717, 1.165) is 23.6 Å². The van der Waals surface area contributed by atoms with Crippen LogP contribution in [0.15, 0.2) is 59.5 Å². The van der Waals surface area contributed by atoms with Crippen LogP contribution in [0.2, 0.25) is 0 Å². The van der Waals surface area contributed by atoms with Crippen LogP contribution in [0.25, 0.3) is 0 Å². The Morgan fingerprint density at radius 2 is 1.68 bits per heavy atom. The summed E-state index contributed by atoms with van der Waals surface area (Å²) in [5.74, 6) is -0.284. The highest BCUT2D eigenvalue weighted by atomic mass is 32.2. The third-order valence-corrected chi connectivity index (χ3v) is 6.98. The molecule has 1 fully saturated rings. The highest BCUT2D eigenvalue weighted by Gasteiger charge is 2.26. The second kappa shape index (κ2) is 9.93. The first kappa shape index (κ1) is 22.8. The second-order valence-electron chi connectivity index (χ2n) is 7.67. The summed E-state index contributed by atoms with van der Waals surface area (Å²) in [5, 5.41) is 5.65. The molecule has 2 N–H and O–H groups in total. The molecule has 166 valence electrons. The summed E-state index contributed by atoms with van der Waals surface area (Å²) in [6, 6.07) is 14.8. The van der Waals surface area contributed by atoms with Crippen molar-refractivity contribution >= 4 is 27.7 Å². The van der Waals surface area contributed by atoms with E-state index in [1.807, 2.05) is 18.2 Å². The molecule has 8 nitrogen and oxygen atoms in total. The van der Waals surface area contributed by atoms with Crippen molar-refractivity contribution in [3.63, 3.8) is 0 Å². The van der Waals surface area contributed by atoms with Crippen LogP contribution in [0.5, 0.6) is 0 Å². The highest BCUT2D eigenvalue weighted by molar-refractivity contribution is 7.89. The van der Waals surface area contributed by atoms with Crippen LogP contribution in [0.4, 0.5) is 10.5 Å². The van der Waals surface area contributed by atoms with E-state index in [4.69, 9.17) is 4.74 Å². The van der Waals surface area contributed by atoms with Gasteiger partial charge in [0.05, 0.1) is 4.90 Å². The molecule has 1 aliphatic carbocycles. The zero-order valence-corrected chi connectivity index (χ0v) is 18.4. The van der Waals surface area contributed by atoms with Gasteiger partial charge in [-0.1, -0.05) is 18.2 Å². The lowest BCUT2D eigenvalue weighted by Gasteiger charge is -2.29. The maximum atomic E-state index is 12.6. The van der Waals surface area contributed by atoms with E-state index in [9.17, 15) is 18.0 Å². The zero-order chi connectivity index (χ0) is 22.4. The number of nitrogens with one attached hydrogen (secondary N) is 2. The van der Waals surface area contributed by atoms with Crippen LogP contribution in [0, 0.1) is 0 Å². The zero-order valence-electron chi connectivity index (χ0n) is 17.6. The van der Waals surface area contributed by atoms with E-state index >= 15 is 0 Å². The van der Waals surface area contributed by atoms with E-state index in [0.29, 0.717) is 17.7 Å². The number of amides is 2. The molecular weight excluding hydrogens is 418 g/mol. The Kier molecular flexibility index (Phi) is 7.29. The molecule has 0 aromatic heterocycles. The third-order valence-electron chi connectivity index (χ3n) is 5.15. The van der Waals surface area contributed by atoms with Gasteiger partial charge in [-0.15, -0.1) is 0 Å². The topological polar surface area (TPSA) is 105 Å². The fourth-order valence-electron chi connectivity index (χ4n) is 3.46. The van der Waals surface area contributed by atoms with Crippen molar-refractivity contribution in [2.75, 3.05) is 19.4 Å². The average molecular weight is 446 g/mol. The van der Waals surface area contributed by atoms with Crippen molar-refractivity contribution in [3.8, 4) is 0 Å². The van der Waals surface area contributed by atoms with Crippen LogP contribution < -0.4 is 10.6 Å². The number of ether oxygens (including phenoxy) is 1. The van der Waals surface area contributed by atoms with E-state index in [1.54, 1.807) is 12.1 Å². The predicted molar refractivity (Wildman–Crippen MR) is 117 cm³/mol. The van der Waals surface area contributed by atoms with Crippen molar-refractivity contribution in [1.29, 1.82) is 0 Å². The molecule has 2 unspecified atom stereocenters. The Labute approximate surface area is 182 Å². The van der Waals surface area contributed by atoms with Gasteiger partial charge >= 0.3 is 6.09 Å². The highest BCUT2D eigenvalue weighted by Crippen LogP contribution is 2.22. The molecule has 2 aromatic rings. The lowest BCUT2D eigenvalue weighted by atomic mass is 9.92. The Morgan fingerprint density at radius 3 is 2.32 bits per heavy atom. The normalized spacial score (nSPS) is 18.9. The van der Waals surface area contributed by atoms with E-state index in [-0.39, 0.29) is 22.9 Å². The van der Waals surface area contributed by atoms with Crippen molar-refractivity contribution in [2.24, 2.45) is 0 Å². The van der Waals surface area contributed by atoms with Gasteiger partial charge in [-0.25, -0.2) is 17.5 Å². The molecule has 0 bridgehead atoms. The first-order valence-corrected chi connectivity index (χ1v) is 11.6. The maximum absolute atomic E-state index is 12.6. The molecule has 2 atom stereocenters. The Bertz CT molecular complexity index is 1010. The van der Waals surface area contributed by atoms with Gasteiger partial charge in [0, 0.05) is 37.8 Å². The van der Waals surface area contributed by atoms with Gasteiger partial charge in [-0.3, -0.25) is 10.1 Å². The number of para-hydroxylation sites is 1. The quantitative estimate of drug-likeness (QED) is 0.710. The lowest BCUT2D eigenvalue weighted by Crippen LogP contribution is -2.41. The summed E-state index contributed by atoms with van der Waals surface area (Å²) >= 11 is 0. The smallest absolute Gasteiger partial charge is 0.411 e. The summed E-state index contributed by atoms with van der Waals surface area (Å²) in [5.41, 5.74) is 1.04. The van der Waals surface area contributed by atoms with Gasteiger partial charge in [0.15, 0.2) is 0 Å². The average Bonchev–Trinajstić information content (AvgIpc) is 2.74. The van der Waals surface area contributed by atoms with Crippen molar-refractivity contribution < 1.29 is 22.7 Å². The van der Waals surface area contributed by atoms with Crippen LogP contribution in [-0.2, 0) is 14.8 Å². The molecule has 1 aliphatic rings. The van der Waals surface area contributed by atoms with Crippen LogP contribution in [0.3, 0.4) is 0 Å². The molecule has 0 radical (unpaired) electrons. The number of carbonyl (C=O) groups excluding carboxylic acids is 2. The molecule has 2 amide bonds. The van der Waals surface area contributed by atoms with Gasteiger partial charge in [-0.05, 0) is 55.7 Å². The summed E-state index contributed by atoms with van der Waals surface area (Å²) in [6.45, 7) is 0. The maximum Gasteiger partial charge on any atom is 0.411 e. The largest absolute Gasteiger partial charge is 0.446 e. The monoisotopic (exact) mass is 445 g/mol. The van der Waals surface area contributed by atoms with E-state index in [2.05, 4.69) is 10.6 Å². The third kappa shape index (κ3) is 6.05. The molecule has 3 rings (SSSR count). The summed E-state index contributed by atoms with van der Waals surface area (Å²) in [7, 11) is -0.629. The number of carbonyl (C=O) groups is 2. The van der Waals surface area contributed by atoms with Crippen LogP contribution >= 0.6 is 0 Å². The SMILES string of the molecule is CN(C)S(=O)(=O)c1ccc(C(=O)NC2CCCC(OC(=O)Nc3ccccc3)C2)cc1. The lowest BCUT2D eigenvalue weighted by molar-refractivity contribution is 0.0712. The molecule has 0 spiro atoms. The molecule has 1 saturated carbocycles. The molecule has 0 saturated heterocycles. The molecule has 0 heterocycles. The molecule has 31 heavy (non-hydrogen) atoms. The molecular formula is C22H27N3O5S. The fraction of sp³-hybridized carbons (Fsp3) is 0.364. The molecule has 0 aliphatic heterocycles. The first-order chi connectivity index (χ1) is 14.8. The summed E-state index contributed by atoms with van der Waals surface area (Å²) in [4.78, 5) is 24.8. The van der Waals surface area contributed by atoms with Gasteiger partial charge in [0.2, 0.25) is 10.0 Å². The number of anilines is 1. The second-order valence-corrected chi connectivity index (χ2v) is 9.82. The van der Waals surface area contributed by atoms with Gasteiger partial charge < -0.3 is 10.1 Å². The predicted octanol–water partition coefficient (Wildman–Crippen LogP) is 3.23. The molecule has 2 aromatic carbocycles. The number of benzene rings is 2. The Hall–Kier alpha value is -2.91. The van der Waals surface area contributed by atoms with E-state index in [1.165, 1.54) is 38.4 Å². The van der Waals surface area contributed by atoms with Gasteiger partial charge in [0.1, 0.15) is 6.10 Å². The number of hydrogen-bond acceptors (Lipinski definition) is 5. The van der Waals surface area contributed by atoms with Gasteiger partial charge in [-0.2, -0.15) is 0 Å². The summed E-state index contributed by atoms with van der Waals surface area (Å²) < 4.78 is 30.9. The standard InChI is InChI=1S/C22H27N3O5S/c1-25(2)31(28,29)20-13-11-16(12-14-20)21(26)23-18-9-6-10-19(15-18)30-22(27)24-17-7-4-3-5-8-17/h3-5,7-8,11-14,18-19H,6,9-10,15H2,1-2H3,(H,23,26)(H,24,27). The Morgan fingerprint density at radius 1 is 1.00 bits per heavy atom.